The average Bonchev–Trinajstić information content (AvgIpc) is 3.30. The SMILES string of the molecule is CCCN1CCCN(C(=O)c2cc(C3CC3)n(C(C)(C)C)n2)CC1. The molecule has 0 atom stereocenters. The van der Waals surface area contributed by atoms with E-state index in [1.807, 2.05) is 4.90 Å². The number of hydrogen-bond acceptors (Lipinski definition) is 3. The lowest BCUT2D eigenvalue weighted by molar-refractivity contribution is 0.0754. The highest BCUT2D eigenvalue weighted by atomic mass is 16.2. The zero-order chi connectivity index (χ0) is 17.3. The fraction of sp³-hybridized carbons (Fsp3) is 0.789. The van der Waals surface area contributed by atoms with Crippen molar-refractivity contribution in [2.24, 2.45) is 0 Å². The maximum atomic E-state index is 13.0. The lowest BCUT2D eigenvalue weighted by Gasteiger charge is -2.23. The summed E-state index contributed by atoms with van der Waals surface area (Å²) in [5.41, 5.74) is 1.80. The second-order valence-electron chi connectivity index (χ2n) is 8.30. The molecule has 2 heterocycles. The number of amides is 1. The van der Waals surface area contributed by atoms with Gasteiger partial charge in [-0.1, -0.05) is 6.92 Å². The predicted molar refractivity (Wildman–Crippen MR) is 96.4 cm³/mol. The number of rotatable bonds is 4. The summed E-state index contributed by atoms with van der Waals surface area (Å²) >= 11 is 0. The van der Waals surface area contributed by atoms with Crippen molar-refractivity contribution in [1.29, 1.82) is 0 Å². The fourth-order valence-corrected chi connectivity index (χ4v) is 3.58. The minimum absolute atomic E-state index is 0.0762. The van der Waals surface area contributed by atoms with Crippen LogP contribution in [-0.2, 0) is 5.54 Å². The van der Waals surface area contributed by atoms with Crippen molar-refractivity contribution in [2.45, 2.75) is 64.8 Å². The van der Waals surface area contributed by atoms with Crippen molar-refractivity contribution in [3.05, 3.63) is 17.5 Å². The molecule has 2 fully saturated rings. The maximum Gasteiger partial charge on any atom is 0.274 e. The van der Waals surface area contributed by atoms with Crippen molar-refractivity contribution < 1.29 is 4.79 Å². The van der Waals surface area contributed by atoms with Crippen molar-refractivity contribution in [3.8, 4) is 0 Å². The molecule has 1 saturated carbocycles. The summed E-state index contributed by atoms with van der Waals surface area (Å²) in [5, 5.41) is 4.72. The van der Waals surface area contributed by atoms with Gasteiger partial charge in [0.15, 0.2) is 5.69 Å². The summed E-state index contributed by atoms with van der Waals surface area (Å²) in [7, 11) is 0. The molecule has 0 spiro atoms. The third-order valence-corrected chi connectivity index (χ3v) is 5.00. The van der Waals surface area contributed by atoms with Gasteiger partial charge in [-0.25, -0.2) is 0 Å². The van der Waals surface area contributed by atoms with Crippen LogP contribution in [0.4, 0.5) is 0 Å². The Hall–Kier alpha value is -1.36. The van der Waals surface area contributed by atoms with Gasteiger partial charge in [0, 0.05) is 31.2 Å². The monoisotopic (exact) mass is 332 g/mol. The van der Waals surface area contributed by atoms with Crippen LogP contribution in [0.1, 0.15) is 75.5 Å². The normalized spacial score (nSPS) is 20.2. The molecular weight excluding hydrogens is 300 g/mol. The van der Waals surface area contributed by atoms with E-state index in [1.165, 1.54) is 25.0 Å². The molecule has 1 aliphatic heterocycles. The lowest BCUT2D eigenvalue weighted by atomic mass is 10.1. The van der Waals surface area contributed by atoms with Gasteiger partial charge in [0.2, 0.25) is 0 Å². The summed E-state index contributed by atoms with van der Waals surface area (Å²) in [6.45, 7) is 13.6. The molecule has 3 rings (SSSR count). The van der Waals surface area contributed by atoms with E-state index >= 15 is 0 Å². The van der Waals surface area contributed by atoms with Crippen molar-refractivity contribution in [3.63, 3.8) is 0 Å². The van der Waals surface area contributed by atoms with E-state index in [-0.39, 0.29) is 11.4 Å². The van der Waals surface area contributed by atoms with Gasteiger partial charge in [-0.05, 0) is 65.6 Å². The summed E-state index contributed by atoms with van der Waals surface area (Å²) in [4.78, 5) is 17.5. The smallest absolute Gasteiger partial charge is 0.274 e. The van der Waals surface area contributed by atoms with Crippen LogP contribution in [0, 0.1) is 0 Å². The third-order valence-electron chi connectivity index (χ3n) is 5.00. The second-order valence-corrected chi connectivity index (χ2v) is 8.30. The molecule has 2 aliphatic rings. The molecule has 0 radical (unpaired) electrons. The Bertz CT molecular complexity index is 583. The Kier molecular flexibility index (Phi) is 5.00. The Morgan fingerprint density at radius 3 is 2.58 bits per heavy atom. The van der Waals surface area contributed by atoms with E-state index in [9.17, 15) is 4.79 Å². The van der Waals surface area contributed by atoms with Gasteiger partial charge >= 0.3 is 0 Å². The van der Waals surface area contributed by atoms with Gasteiger partial charge in [0.1, 0.15) is 0 Å². The number of carbonyl (C=O) groups is 1. The molecule has 24 heavy (non-hydrogen) atoms. The number of hydrogen-bond donors (Lipinski definition) is 0. The van der Waals surface area contributed by atoms with Gasteiger partial charge in [-0.3, -0.25) is 9.48 Å². The first-order valence-corrected chi connectivity index (χ1v) is 9.52. The summed E-state index contributed by atoms with van der Waals surface area (Å²) in [6.07, 6.45) is 4.69. The molecule has 0 aromatic carbocycles. The molecule has 0 N–H and O–H groups in total. The average molecular weight is 332 g/mol. The van der Waals surface area contributed by atoms with Crippen LogP contribution in [0.3, 0.4) is 0 Å². The molecule has 5 heteroatoms. The molecule has 134 valence electrons. The van der Waals surface area contributed by atoms with Crippen molar-refractivity contribution >= 4 is 5.91 Å². The highest BCUT2D eigenvalue weighted by Crippen LogP contribution is 2.41. The van der Waals surface area contributed by atoms with Gasteiger partial charge < -0.3 is 9.80 Å². The molecule has 1 aliphatic carbocycles. The van der Waals surface area contributed by atoms with Gasteiger partial charge in [0.05, 0.1) is 5.54 Å². The highest BCUT2D eigenvalue weighted by Gasteiger charge is 2.33. The first kappa shape index (κ1) is 17.5. The first-order valence-electron chi connectivity index (χ1n) is 9.52. The van der Waals surface area contributed by atoms with Crippen LogP contribution >= 0.6 is 0 Å². The van der Waals surface area contributed by atoms with Crippen LogP contribution in [0.15, 0.2) is 6.07 Å². The Morgan fingerprint density at radius 2 is 1.96 bits per heavy atom. The Morgan fingerprint density at radius 1 is 1.21 bits per heavy atom. The van der Waals surface area contributed by atoms with Crippen molar-refractivity contribution in [1.82, 2.24) is 19.6 Å². The quantitative estimate of drug-likeness (QED) is 0.851. The van der Waals surface area contributed by atoms with E-state index in [2.05, 4.69) is 43.3 Å². The molecular formula is C19H32N4O. The maximum absolute atomic E-state index is 13.0. The van der Waals surface area contributed by atoms with E-state index in [1.54, 1.807) is 0 Å². The van der Waals surface area contributed by atoms with Crippen LogP contribution < -0.4 is 0 Å². The molecule has 1 amide bonds. The minimum atomic E-state index is -0.0762. The van der Waals surface area contributed by atoms with E-state index in [4.69, 9.17) is 5.10 Å². The number of aromatic nitrogens is 2. The van der Waals surface area contributed by atoms with Crippen LogP contribution in [-0.4, -0.2) is 58.2 Å². The molecule has 1 saturated heterocycles. The Balaban J connectivity index is 1.75. The zero-order valence-electron chi connectivity index (χ0n) is 15.7. The standard InChI is InChI=1S/C19H32N4O/c1-5-9-21-10-6-11-22(13-12-21)18(24)16-14-17(15-7-8-15)23(20-16)19(2,3)4/h14-15H,5-13H2,1-4H3. The zero-order valence-corrected chi connectivity index (χ0v) is 15.7. The van der Waals surface area contributed by atoms with Gasteiger partial charge in [-0.2, -0.15) is 5.10 Å². The number of carbonyl (C=O) groups excluding carboxylic acids is 1. The fourth-order valence-electron chi connectivity index (χ4n) is 3.58. The molecule has 5 nitrogen and oxygen atoms in total. The predicted octanol–water partition coefficient (Wildman–Crippen LogP) is 3.07. The minimum Gasteiger partial charge on any atom is -0.336 e. The topological polar surface area (TPSA) is 41.4 Å². The Labute approximate surface area is 146 Å². The van der Waals surface area contributed by atoms with E-state index in [0.29, 0.717) is 11.6 Å². The van der Waals surface area contributed by atoms with Gasteiger partial charge in [-0.15, -0.1) is 0 Å². The third kappa shape index (κ3) is 3.82. The van der Waals surface area contributed by atoms with Crippen LogP contribution in [0.25, 0.3) is 0 Å². The first-order chi connectivity index (χ1) is 11.4. The van der Waals surface area contributed by atoms with Crippen molar-refractivity contribution in [2.75, 3.05) is 32.7 Å². The largest absolute Gasteiger partial charge is 0.336 e. The number of nitrogens with zero attached hydrogens (tertiary/aromatic N) is 4. The van der Waals surface area contributed by atoms with Crippen LogP contribution in [0.2, 0.25) is 0 Å². The molecule has 0 unspecified atom stereocenters. The summed E-state index contributed by atoms with van der Waals surface area (Å²) in [6, 6.07) is 2.06. The lowest BCUT2D eigenvalue weighted by Crippen LogP contribution is -2.36. The summed E-state index contributed by atoms with van der Waals surface area (Å²) < 4.78 is 2.08. The van der Waals surface area contributed by atoms with Gasteiger partial charge in [0.25, 0.3) is 5.91 Å². The van der Waals surface area contributed by atoms with E-state index in [0.717, 1.165) is 39.1 Å². The van der Waals surface area contributed by atoms with Crippen LogP contribution in [0.5, 0.6) is 0 Å². The second kappa shape index (κ2) is 6.87. The molecule has 0 bridgehead atoms. The van der Waals surface area contributed by atoms with E-state index < -0.39 is 0 Å². The molecule has 1 aromatic rings. The molecule has 1 aromatic heterocycles. The highest BCUT2D eigenvalue weighted by molar-refractivity contribution is 5.92. The summed E-state index contributed by atoms with van der Waals surface area (Å²) in [5.74, 6) is 0.709.